The number of esters is 1. The van der Waals surface area contributed by atoms with E-state index in [1.807, 2.05) is 0 Å². The van der Waals surface area contributed by atoms with Crippen molar-refractivity contribution in [3.05, 3.63) is 67.9 Å². The van der Waals surface area contributed by atoms with Crippen molar-refractivity contribution in [3.8, 4) is 0 Å². The van der Waals surface area contributed by atoms with Crippen LogP contribution in [0.2, 0.25) is 0 Å². The van der Waals surface area contributed by atoms with Gasteiger partial charge in [0.2, 0.25) is 5.71 Å². The number of hydrogen-bond donors (Lipinski definition) is 0. The zero-order valence-electron chi connectivity index (χ0n) is 14.1. The number of nitro groups is 1. The minimum absolute atomic E-state index is 0.0373. The van der Waals surface area contributed by atoms with E-state index < -0.39 is 16.5 Å². The molecular weight excluding hydrogens is 342 g/mol. The molecule has 0 N–H and O–H groups in total. The number of ether oxygens (including phenoxy) is 1. The normalized spacial score (nSPS) is 10.8. The van der Waals surface area contributed by atoms with Gasteiger partial charge in [-0.15, -0.1) is 0 Å². The molecule has 26 heavy (non-hydrogen) atoms. The molecule has 9 nitrogen and oxygen atoms in total. The van der Waals surface area contributed by atoms with Crippen LogP contribution in [-0.2, 0) is 11.3 Å². The van der Waals surface area contributed by atoms with Crippen LogP contribution in [0.15, 0.2) is 39.8 Å². The number of benzene rings is 1. The van der Waals surface area contributed by atoms with Gasteiger partial charge in [0.25, 0.3) is 11.2 Å². The van der Waals surface area contributed by atoms with Gasteiger partial charge in [0, 0.05) is 12.1 Å². The summed E-state index contributed by atoms with van der Waals surface area (Å²) in [7, 11) is 0. The van der Waals surface area contributed by atoms with Crippen LogP contribution in [-0.4, -0.2) is 27.1 Å². The summed E-state index contributed by atoms with van der Waals surface area (Å²) in [5.41, 5.74) is 0.322. The van der Waals surface area contributed by atoms with Crippen molar-refractivity contribution in [3.63, 3.8) is 0 Å². The molecule has 0 fully saturated rings. The largest absolute Gasteiger partial charge is 0.462 e. The van der Waals surface area contributed by atoms with Gasteiger partial charge >= 0.3 is 5.97 Å². The van der Waals surface area contributed by atoms with Crippen LogP contribution in [0.25, 0.3) is 11.1 Å². The highest BCUT2D eigenvalue weighted by Gasteiger charge is 2.23. The molecule has 0 spiro atoms. The second kappa shape index (κ2) is 6.79. The summed E-state index contributed by atoms with van der Waals surface area (Å²) < 4.78 is 11.7. The molecule has 0 amide bonds. The van der Waals surface area contributed by atoms with E-state index in [1.54, 1.807) is 26.0 Å². The molecule has 0 radical (unpaired) electrons. The Bertz CT molecular complexity index is 1050. The molecule has 3 aromatic rings. The quantitative estimate of drug-likeness (QED) is 0.391. The van der Waals surface area contributed by atoms with E-state index in [9.17, 15) is 19.7 Å². The Balaban J connectivity index is 2.03. The molecule has 0 aliphatic heterocycles. The number of carbonyl (C=O) groups excluding carboxylic acids is 1. The lowest BCUT2D eigenvalue weighted by Gasteiger charge is -2.05. The van der Waals surface area contributed by atoms with Gasteiger partial charge in [-0.3, -0.25) is 19.5 Å². The monoisotopic (exact) mass is 357 g/mol. The van der Waals surface area contributed by atoms with Crippen molar-refractivity contribution < 1.29 is 18.9 Å². The molecule has 2 aromatic heterocycles. The summed E-state index contributed by atoms with van der Waals surface area (Å²) >= 11 is 0. The number of non-ortho nitro benzene ring substituents is 1. The van der Waals surface area contributed by atoms with E-state index >= 15 is 0 Å². The van der Waals surface area contributed by atoms with E-state index in [2.05, 4.69) is 4.98 Å². The average Bonchev–Trinajstić information content (AvgIpc) is 2.95. The number of hydrogen-bond acceptors (Lipinski definition) is 7. The lowest BCUT2D eigenvalue weighted by molar-refractivity contribution is -0.384. The second-order valence-electron chi connectivity index (χ2n) is 5.54. The van der Waals surface area contributed by atoms with Crippen LogP contribution in [0.5, 0.6) is 0 Å². The molecular formula is C17H15N3O6. The Labute approximate surface area is 147 Å². The second-order valence-corrected chi connectivity index (χ2v) is 5.54. The highest BCUT2D eigenvalue weighted by Crippen LogP contribution is 2.22. The molecule has 0 saturated carbocycles. The van der Waals surface area contributed by atoms with Gasteiger partial charge in [-0.2, -0.15) is 0 Å². The summed E-state index contributed by atoms with van der Waals surface area (Å²) in [6, 6.07) is 5.83. The maximum Gasteiger partial charge on any atom is 0.342 e. The SMILES string of the molecule is CCOC(=O)c1c(C)oc2ncn(Cc3ccc([N+](=O)[O-])cc3)c(=O)c12. The predicted molar refractivity (Wildman–Crippen MR) is 91.2 cm³/mol. The Morgan fingerprint density at radius 2 is 2.04 bits per heavy atom. The zero-order valence-corrected chi connectivity index (χ0v) is 14.1. The number of fused-ring (bicyclic) bond motifs is 1. The van der Waals surface area contributed by atoms with Crippen molar-refractivity contribution in [2.24, 2.45) is 0 Å². The highest BCUT2D eigenvalue weighted by atomic mass is 16.6. The standard InChI is InChI=1S/C17H15N3O6/c1-3-25-17(22)13-10(2)26-15-14(13)16(21)19(9-18-15)8-11-4-6-12(7-5-11)20(23)24/h4-7,9H,3,8H2,1-2H3. The molecule has 0 aliphatic carbocycles. The Morgan fingerprint density at radius 1 is 1.35 bits per heavy atom. The van der Waals surface area contributed by atoms with Crippen LogP contribution in [0.4, 0.5) is 5.69 Å². The van der Waals surface area contributed by atoms with E-state index in [1.165, 1.54) is 23.0 Å². The smallest absolute Gasteiger partial charge is 0.342 e. The molecule has 0 unspecified atom stereocenters. The molecule has 2 heterocycles. The first-order valence-electron chi connectivity index (χ1n) is 7.81. The fourth-order valence-electron chi connectivity index (χ4n) is 2.62. The summed E-state index contributed by atoms with van der Waals surface area (Å²) in [5, 5.41) is 10.8. The Hall–Kier alpha value is -3.49. The van der Waals surface area contributed by atoms with Gasteiger partial charge in [0.15, 0.2) is 0 Å². The Morgan fingerprint density at radius 3 is 2.65 bits per heavy atom. The summed E-state index contributed by atoms with van der Waals surface area (Å²) in [6.45, 7) is 3.54. The van der Waals surface area contributed by atoms with Crippen LogP contribution in [0, 0.1) is 17.0 Å². The van der Waals surface area contributed by atoms with Crippen LogP contribution < -0.4 is 5.56 Å². The van der Waals surface area contributed by atoms with Gasteiger partial charge in [0.05, 0.1) is 18.1 Å². The third-order valence-corrected chi connectivity index (χ3v) is 3.83. The minimum atomic E-state index is -0.643. The number of rotatable bonds is 5. The fourth-order valence-corrected chi connectivity index (χ4v) is 2.62. The van der Waals surface area contributed by atoms with Crippen molar-refractivity contribution in [1.82, 2.24) is 9.55 Å². The van der Waals surface area contributed by atoms with Gasteiger partial charge in [-0.05, 0) is 19.4 Å². The van der Waals surface area contributed by atoms with E-state index in [4.69, 9.17) is 9.15 Å². The topological polar surface area (TPSA) is 117 Å². The number of furan rings is 1. The lowest BCUT2D eigenvalue weighted by atomic mass is 10.2. The zero-order chi connectivity index (χ0) is 18.8. The highest BCUT2D eigenvalue weighted by molar-refractivity contribution is 6.03. The van der Waals surface area contributed by atoms with Crippen molar-refractivity contribution >= 4 is 22.8 Å². The number of aromatic nitrogens is 2. The maximum absolute atomic E-state index is 12.8. The minimum Gasteiger partial charge on any atom is -0.462 e. The van der Waals surface area contributed by atoms with Crippen molar-refractivity contribution in [2.75, 3.05) is 6.61 Å². The number of carbonyl (C=O) groups is 1. The van der Waals surface area contributed by atoms with Crippen molar-refractivity contribution in [1.29, 1.82) is 0 Å². The fraction of sp³-hybridized carbons (Fsp3) is 0.235. The van der Waals surface area contributed by atoms with Gasteiger partial charge in [0.1, 0.15) is 23.0 Å². The van der Waals surface area contributed by atoms with Gasteiger partial charge in [-0.25, -0.2) is 9.78 Å². The number of nitro benzene ring substituents is 1. The predicted octanol–water partition coefficient (Wildman–Crippen LogP) is 2.43. The van der Waals surface area contributed by atoms with Crippen molar-refractivity contribution in [2.45, 2.75) is 20.4 Å². The first kappa shape index (κ1) is 17.3. The molecule has 0 atom stereocenters. The summed E-state index contributed by atoms with van der Waals surface area (Å²) in [4.78, 5) is 39.2. The van der Waals surface area contributed by atoms with Gasteiger partial charge in [-0.1, -0.05) is 12.1 Å². The summed E-state index contributed by atoms with van der Waals surface area (Å²) in [6.07, 6.45) is 1.31. The molecule has 9 heteroatoms. The number of aryl methyl sites for hydroxylation is 1. The maximum atomic E-state index is 12.8. The molecule has 0 saturated heterocycles. The van der Waals surface area contributed by atoms with E-state index in [0.717, 1.165) is 0 Å². The third kappa shape index (κ3) is 3.06. The number of nitrogens with zero attached hydrogens (tertiary/aromatic N) is 3. The Kier molecular flexibility index (Phi) is 4.53. The summed E-state index contributed by atoms with van der Waals surface area (Å²) in [5.74, 6) is -0.383. The van der Waals surface area contributed by atoms with Gasteiger partial charge < -0.3 is 9.15 Å². The average molecular weight is 357 g/mol. The third-order valence-electron chi connectivity index (χ3n) is 3.83. The molecule has 0 aliphatic rings. The molecule has 0 bridgehead atoms. The van der Waals surface area contributed by atoms with Crippen LogP contribution >= 0.6 is 0 Å². The molecule has 1 aromatic carbocycles. The molecule has 3 rings (SSSR count). The first-order valence-corrected chi connectivity index (χ1v) is 7.81. The van der Waals surface area contributed by atoms with Crippen LogP contribution in [0.1, 0.15) is 28.6 Å². The van der Waals surface area contributed by atoms with E-state index in [0.29, 0.717) is 5.56 Å². The lowest BCUT2D eigenvalue weighted by Crippen LogP contribution is -2.22. The first-order chi connectivity index (χ1) is 12.4. The van der Waals surface area contributed by atoms with E-state index in [-0.39, 0.29) is 41.3 Å². The molecule has 134 valence electrons. The van der Waals surface area contributed by atoms with Crippen LogP contribution in [0.3, 0.4) is 0 Å².